The minimum absolute atomic E-state index is 0.109. The van der Waals surface area contributed by atoms with E-state index in [0.717, 1.165) is 7.05 Å². The minimum atomic E-state index is -4.88. The van der Waals surface area contributed by atoms with Gasteiger partial charge in [0.1, 0.15) is 0 Å². The third-order valence-corrected chi connectivity index (χ3v) is 1.80. The number of amides is 1. The average Bonchev–Trinajstić information content (AvgIpc) is 2.14. The summed E-state index contributed by atoms with van der Waals surface area (Å²) in [7, 11) is 1.05. The molecule has 0 bridgehead atoms. The van der Waals surface area contributed by atoms with Crippen LogP contribution in [0.1, 0.15) is 0 Å². The van der Waals surface area contributed by atoms with E-state index < -0.39 is 12.1 Å². The molecule has 3 nitrogen and oxygen atoms in total. The molecule has 0 aliphatic carbocycles. The lowest BCUT2D eigenvalue weighted by molar-refractivity contribution is -0.170. The van der Waals surface area contributed by atoms with Gasteiger partial charge in [0.25, 0.3) is 0 Å². The first-order valence-corrected chi connectivity index (χ1v) is 4.03. The van der Waals surface area contributed by atoms with Crippen LogP contribution in [0.2, 0.25) is 0 Å². The van der Waals surface area contributed by atoms with Crippen molar-refractivity contribution in [3.05, 3.63) is 24.3 Å². The van der Waals surface area contributed by atoms with E-state index in [9.17, 15) is 18.0 Å². The average molecular weight is 218 g/mol. The van der Waals surface area contributed by atoms with Gasteiger partial charge in [0.2, 0.25) is 0 Å². The standard InChI is InChI=1S/C9H9F3N2O/c1-14(8(15)9(10,11)12)7-4-2-3-6(13)5-7/h2-5H,13H2,1H3. The number of hydrogen-bond acceptors (Lipinski definition) is 2. The normalized spacial score (nSPS) is 11.2. The topological polar surface area (TPSA) is 46.3 Å². The number of nitrogens with zero attached hydrogens (tertiary/aromatic N) is 1. The highest BCUT2D eigenvalue weighted by Gasteiger charge is 2.41. The molecule has 0 unspecified atom stereocenters. The minimum Gasteiger partial charge on any atom is -0.399 e. The molecule has 0 aromatic heterocycles. The quantitative estimate of drug-likeness (QED) is 0.730. The second-order valence-electron chi connectivity index (χ2n) is 2.96. The fourth-order valence-corrected chi connectivity index (χ4v) is 1.04. The van der Waals surface area contributed by atoms with Crippen molar-refractivity contribution < 1.29 is 18.0 Å². The van der Waals surface area contributed by atoms with Gasteiger partial charge in [-0.15, -0.1) is 0 Å². The molecule has 1 rings (SSSR count). The maximum Gasteiger partial charge on any atom is 0.471 e. The van der Waals surface area contributed by atoms with E-state index in [4.69, 9.17) is 5.73 Å². The Balaban J connectivity index is 2.95. The Morgan fingerprint density at radius 2 is 2.00 bits per heavy atom. The molecular formula is C9H9F3N2O. The summed E-state index contributed by atoms with van der Waals surface area (Å²) in [5, 5.41) is 0. The second kappa shape index (κ2) is 3.80. The fraction of sp³-hybridized carbons (Fsp3) is 0.222. The van der Waals surface area contributed by atoms with E-state index in [1.807, 2.05) is 0 Å². The van der Waals surface area contributed by atoms with Gasteiger partial charge < -0.3 is 10.6 Å². The predicted octanol–water partition coefficient (Wildman–Crippen LogP) is 1.79. The van der Waals surface area contributed by atoms with Crippen molar-refractivity contribution >= 4 is 17.3 Å². The van der Waals surface area contributed by atoms with Crippen LogP contribution < -0.4 is 10.6 Å². The summed E-state index contributed by atoms with van der Waals surface area (Å²) < 4.78 is 36.2. The van der Waals surface area contributed by atoms with Crippen LogP contribution in [-0.4, -0.2) is 19.1 Å². The van der Waals surface area contributed by atoms with E-state index in [1.54, 1.807) is 0 Å². The zero-order valence-electron chi connectivity index (χ0n) is 7.88. The molecule has 1 amide bonds. The maximum absolute atomic E-state index is 12.1. The number of carbonyl (C=O) groups excluding carboxylic acids is 1. The molecule has 0 spiro atoms. The van der Waals surface area contributed by atoms with Gasteiger partial charge in [-0.2, -0.15) is 13.2 Å². The molecule has 82 valence electrons. The summed E-state index contributed by atoms with van der Waals surface area (Å²) in [6.45, 7) is 0. The van der Waals surface area contributed by atoms with Crippen LogP contribution in [-0.2, 0) is 4.79 Å². The van der Waals surface area contributed by atoms with E-state index in [0.29, 0.717) is 10.6 Å². The van der Waals surface area contributed by atoms with Gasteiger partial charge in [-0.25, -0.2) is 0 Å². The number of halogens is 3. The van der Waals surface area contributed by atoms with Gasteiger partial charge in [0, 0.05) is 18.4 Å². The lowest BCUT2D eigenvalue weighted by atomic mass is 10.2. The molecule has 0 radical (unpaired) electrons. The molecule has 2 N–H and O–H groups in total. The van der Waals surface area contributed by atoms with E-state index in [1.165, 1.54) is 24.3 Å². The molecule has 0 heterocycles. The highest BCUT2D eigenvalue weighted by atomic mass is 19.4. The maximum atomic E-state index is 12.1. The van der Waals surface area contributed by atoms with Crippen LogP contribution in [0.5, 0.6) is 0 Å². The molecule has 0 aliphatic rings. The van der Waals surface area contributed by atoms with E-state index in [2.05, 4.69) is 0 Å². The van der Waals surface area contributed by atoms with Crippen LogP contribution in [0, 0.1) is 0 Å². The summed E-state index contributed by atoms with van der Waals surface area (Å²) in [5.74, 6) is -1.92. The summed E-state index contributed by atoms with van der Waals surface area (Å²) >= 11 is 0. The Morgan fingerprint density at radius 1 is 1.40 bits per heavy atom. The van der Waals surface area contributed by atoms with E-state index in [-0.39, 0.29) is 5.69 Å². The number of alkyl halides is 3. The first-order valence-electron chi connectivity index (χ1n) is 4.03. The Hall–Kier alpha value is -1.72. The lowest BCUT2D eigenvalue weighted by Gasteiger charge is -2.18. The summed E-state index contributed by atoms with van der Waals surface area (Å²) in [6, 6.07) is 5.67. The largest absolute Gasteiger partial charge is 0.471 e. The first kappa shape index (κ1) is 11.4. The van der Waals surface area contributed by atoms with Gasteiger partial charge in [0.15, 0.2) is 0 Å². The summed E-state index contributed by atoms with van der Waals surface area (Å²) in [6.07, 6.45) is -4.88. The predicted molar refractivity (Wildman–Crippen MR) is 50.3 cm³/mol. The van der Waals surface area contributed by atoms with E-state index >= 15 is 0 Å². The van der Waals surface area contributed by atoms with Crippen LogP contribution in [0.15, 0.2) is 24.3 Å². The Bertz CT molecular complexity index is 376. The molecule has 15 heavy (non-hydrogen) atoms. The molecule has 6 heteroatoms. The molecule has 0 saturated heterocycles. The molecule has 0 atom stereocenters. The SMILES string of the molecule is CN(C(=O)C(F)(F)F)c1cccc(N)c1. The highest BCUT2D eigenvalue weighted by Crippen LogP contribution is 2.23. The smallest absolute Gasteiger partial charge is 0.399 e. The van der Waals surface area contributed by atoms with Crippen LogP contribution in [0.4, 0.5) is 24.5 Å². The van der Waals surface area contributed by atoms with Crippen molar-refractivity contribution in [3.63, 3.8) is 0 Å². The van der Waals surface area contributed by atoms with Crippen molar-refractivity contribution in [3.8, 4) is 0 Å². The van der Waals surface area contributed by atoms with Crippen molar-refractivity contribution in [1.29, 1.82) is 0 Å². The summed E-state index contributed by atoms with van der Waals surface area (Å²) in [4.78, 5) is 11.3. The zero-order valence-corrected chi connectivity index (χ0v) is 7.88. The number of anilines is 2. The molecule has 1 aromatic rings. The number of carbonyl (C=O) groups is 1. The zero-order chi connectivity index (χ0) is 11.6. The van der Waals surface area contributed by atoms with Crippen molar-refractivity contribution in [2.75, 3.05) is 17.7 Å². The molecule has 0 fully saturated rings. The Morgan fingerprint density at radius 3 is 2.47 bits per heavy atom. The highest BCUT2D eigenvalue weighted by molar-refractivity contribution is 5.97. The molecule has 0 saturated carbocycles. The Kier molecular flexibility index (Phi) is 2.88. The van der Waals surface area contributed by atoms with Crippen molar-refractivity contribution in [2.24, 2.45) is 0 Å². The number of hydrogen-bond donors (Lipinski definition) is 1. The Labute approximate surface area is 84.3 Å². The number of nitrogens with two attached hydrogens (primary N) is 1. The van der Waals surface area contributed by atoms with Gasteiger partial charge in [0.05, 0.1) is 0 Å². The van der Waals surface area contributed by atoms with Crippen LogP contribution >= 0.6 is 0 Å². The van der Waals surface area contributed by atoms with Gasteiger partial charge in [-0.3, -0.25) is 4.79 Å². The number of nitrogen functional groups attached to an aromatic ring is 1. The fourth-order valence-electron chi connectivity index (χ4n) is 1.04. The van der Waals surface area contributed by atoms with Crippen molar-refractivity contribution in [2.45, 2.75) is 6.18 Å². The van der Waals surface area contributed by atoms with Gasteiger partial charge in [-0.1, -0.05) is 6.07 Å². The third kappa shape index (κ3) is 2.61. The second-order valence-corrected chi connectivity index (χ2v) is 2.96. The lowest BCUT2D eigenvalue weighted by Crippen LogP contribution is -2.38. The number of benzene rings is 1. The van der Waals surface area contributed by atoms with Gasteiger partial charge >= 0.3 is 12.1 Å². The monoisotopic (exact) mass is 218 g/mol. The van der Waals surface area contributed by atoms with Crippen molar-refractivity contribution in [1.82, 2.24) is 0 Å². The molecule has 0 aliphatic heterocycles. The molecular weight excluding hydrogens is 209 g/mol. The summed E-state index contributed by atoms with van der Waals surface area (Å²) in [5.41, 5.74) is 5.80. The third-order valence-electron chi connectivity index (χ3n) is 1.80. The first-order chi connectivity index (χ1) is 6.82. The van der Waals surface area contributed by atoms with Crippen LogP contribution in [0.3, 0.4) is 0 Å². The number of rotatable bonds is 1. The van der Waals surface area contributed by atoms with Crippen LogP contribution in [0.25, 0.3) is 0 Å². The molecule has 1 aromatic carbocycles. The van der Waals surface area contributed by atoms with Gasteiger partial charge in [-0.05, 0) is 18.2 Å².